The first-order valence-corrected chi connectivity index (χ1v) is 18.2. The molecular weight excluding hydrogens is 629 g/mol. The Morgan fingerprint density at radius 2 is 1.00 bits per heavy atom. The van der Waals surface area contributed by atoms with E-state index in [-0.39, 0.29) is 0 Å². The van der Waals surface area contributed by atoms with Crippen molar-refractivity contribution in [2.75, 3.05) is 4.90 Å². The first-order valence-electron chi connectivity index (χ1n) is 18.2. The van der Waals surface area contributed by atoms with Crippen molar-refractivity contribution in [1.29, 1.82) is 0 Å². The Labute approximate surface area is 303 Å². The van der Waals surface area contributed by atoms with E-state index in [1.54, 1.807) is 0 Å². The molecule has 2 nitrogen and oxygen atoms in total. The lowest BCUT2D eigenvalue weighted by Crippen LogP contribution is -2.25. The fourth-order valence-corrected chi connectivity index (χ4v) is 9.33. The van der Waals surface area contributed by atoms with Gasteiger partial charge in [-0.15, -0.1) is 0 Å². The van der Waals surface area contributed by atoms with Crippen molar-refractivity contribution in [3.63, 3.8) is 0 Å². The number of hydrogen-bond acceptors (Lipinski definition) is 1. The second-order valence-electron chi connectivity index (χ2n) is 14.0. The summed E-state index contributed by atoms with van der Waals surface area (Å²) < 4.78 is 2.47. The highest BCUT2D eigenvalue weighted by molar-refractivity contribution is 6.14. The summed E-state index contributed by atoms with van der Waals surface area (Å²) in [6.45, 7) is 0. The van der Waals surface area contributed by atoms with E-state index in [0.717, 1.165) is 23.5 Å². The number of rotatable bonds is 4. The number of anilines is 3. The molecule has 0 saturated carbocycles. The van der Waals surface area contributed by atoms with Crippen molar-refractivity contribution in [3.05, 3.63) is 216 Å². The number of benzene rings is 7. The maximum atomic E-state index is 2.54. The van der Waals surface area contributed by atoms with E-state index in [0.29, 0.717) is 0 Å². The van der Waals surface area contributed by atoms with Crippen LogP contribution in [0.3, 0.4) is 0 Å². The Kier molecular flexibility index (Phi) is 6.26. The minimum Gasteiger partial charge on any atom is -0.310 e. The summed E-state index contributed by atoms with van der Waals surface area (Å²) in [5.41, 5.74) is 17.3. The summed E-state index contributed by atoms with van der Waals surface area (Å²) in [7, 11) is 0. The number of aromatic nitrogens is 1. The minimum atomic E-state index is -0.399. The molecule has 3 aliphatic rings. The van der Waals surface area contributed by atoms with Crippen molar-refractivity contribution in [2.24, 2.45) is 0 Å². The Balaban J connectivity index is 1.26. The third-order valence-corrected chi connectivity index (χ3v) is 11.4. The summed E-state index contributed by atoms with van der Waals surface area (Å²) in [6.07, 6.45) is 12.1. The molecule has 244 valence electrons. The van der Waals surface area contributed by atoms with E-state index in [4.69, 9.17) is 0 Å². The van der Waals surface area contributed by atoms with E-state index in [1.165, 1.54) is 72.0 Å². The van der Waals surface area contributed by atoms with Gasteiger partial charge in [-0.1, -0.05) is 127 Å². The minimum absolute atomic E-state index is 0.399. The van der Waals surface area contributed by atoms with Crippen LogP contribution in [0.4, 0.5) is 17.1 Å². The molecule has 0 radical (unpaired) electrons. The summed E-state index contributed by atoms with van der Waals surface area (Å²) in [4.78, 5) is 2.37. The topological polar surface area (TPSA) is 8.17 Å². The van der Waals surface area contributed by atoms with Crippen molar-refractivity contribution >= 4 is 44.6 Å². The van der Waals surface area contributed by atoms with Crippen LogP contribution < -0.4 is 4.90 Å². The molecule has 1 spiro atoms. The third-order valence-electron chi connectivity index (χ3n) is 11.4. The first-order chi connectivity index (χ1) is 25.8. The van der Waals surface area contributed by atoms with Crippen LogP contribution in [0.25, 0.3) is 49.8 Å². The monoisotopic (exact) mass is 662 g/mol. The lowest BCUT2D eigenvalue weighted by Gasteiger charge is -2.30. The summed E-state index contributed by atoms with van der Waals surface area (Å²) in [5, 5.41) is 2.49. The molecule has 7 aromatic carbocycles. The molecule has 3 aliphatic carbocycles. The van der Waals surface area contributed by atoms with Gasteiger partial charge in [0.25, 0.3) is 0 Å². The maximum absolute atomic E-state index is 2.54. The lowest BCUT2D eigenvalue weighted by atomic mass is 9.70. The summed E-state index contributed by atoms with van der Waals surface area (Å²) in [5.74, 6) is 0. The van der Waals surface area contributed by atoms with E-state index in [9.17, 15) is 0 Å². The zero-order chi connectivity index (χ0) is 34.2. The van der Waals surface area contributed by atoms with Gasteiger partial charge in [-0.2, -0.15) is 0 Å². The van der Waals surface area contributed by atoms with Gasteiger partial charge < -0.3 is 9.47 Å². The van der Waals surface area contributed by atoms with E-state index in [2.05, 4.69) is 204 Å². The van der Waals surface area contributed by atoms with Gasteiger partial charge in [0.2, 0.25) is 0 Å². The van der Waals surface area contributed by atoms with E-state index in [1.807, 2.05) is 0 Å². The highest BCUT2D eigenvalue weighted by atomic mass is 15.1. The average Bonchev–Trinajstić information content (AvgIpc) is 3.68. The molecule has 2 heteroatoms. The van der Waals surface area contributed by atoms with Crippen molar-refractivity contribution in [3.8, 4) is 22.3 Å². The summed E-state index contributed by atoms with van der Waals surface area (Å²) >= 11 is 0. The average molecular weight is 663 g/mol. The predicted molar refractivity (Wildman–Crippen MR) is 218 cm³/mol. The number of para-hydroxylation sites is 2. The Morgan fingerprint density at radius 3 is 1.63 bits per heavy atom. The van der Waals surface area contributed by atoms with Gasteiger partial charge >= 0.3 is 0 Å². The van der Waals surface area contributed by atoms with E-state index < -0.39 is 5.41 Å². The molecule has 0 aliphatic heterocycles. The molecule has 8 aromatic rings. The third kappa shape index (κ3) is 3.95. The lowest BCUT2D eigenvalue weighted by molar-refractivity contribution is 0.795. The van der Waals surface area contributed by atoms with Crippen LogP contribution in [0.5, 0.6) is 0 Å². The van der Waals surface area contributed by atoms with Crippen molar-refractivity contribution < 1.29 is 0 Å². The van der Waals surface area contributed by atoms with Gasteiger partial charge in [0.05, 0.1) is 16.4 Å². The Bertz CT molecular complexity index is 2730. The fraction of sp³-hybridized carbons (Fsp3) is 0.0400. The number of nitrogens with zero attached hydrogens (tertiary/aromatic N) is 2. The van der Waals surface area contributed by atoms with Gasteiger partial charge in [-0.25, -0.2) is 0 Å². The number of allylic oxidation sites excluding steroid dienone is 6. The van der Waals surface area contributed by atoms with Crippen LogP contribution in [0, 0.1) is 0 Å². The largest absolute Gasteiger partial charge is 0.310 e. The van der Waals surface area contributed by atoms with Gasteiger partial charge in [0.15, 0.2) is 0 Å². The second-order valence-corrected chi connectivity index (χ2v) is 14.0. The van der Waals surface area contributed by atoms with Crippen LogP contribution in [0.1, 0.15) is 28.7 Å². The Hall–Kier alpha value is -6.64. The second kappa shape index (κ2) is 11.2. The zero-order valence-electron chi connectivity index (χ0n) is 28.6. The zero-order valence-corrected chi connectivity index (χ0v) is 28.6. The predicted octanol–water partition coefficient (Wildman–Crippen LogP) is 13.0. The molecule has 0 saturated heterocycles. The highest BCUT2D eigenvalue weighted by Gasteiger charge is 2.51. The van der Waals surface area contributed by atoms with Crippen LogP contribution >= 0.6 is 0 Å². The normalized spacial score (nSPS) is 14.6. The maximum Gasteiger partial charge on any atom is 0.0725 e. The molecule has 52 heavy (non-hydrogen) atoms. The van der Waals surface area contributed by atoms with Crippen LogP contribution in [0.15, 0.2) is 194 Å². The number of fused-ring (bicyclic) bond motifs is 13. The van der Waals surface area contributed by atoms with Gasteiger partial charge in [0, 0.05) is 33.5 Å². The van der Waals surface area contributed by atoms with Crippen molar-refractivity contribution in [1.82, 2.24) is 4.57 Å². The smallest absolute Gasteiger partial charge is 0.0725 e. The molecule has 0 fully saturated rings. The molecule has 0 amide bonds. The quantitative estimate of drug-likeness (QED) is 0.182. The van der Waals surface area contributed by atoms with Crippen LogP contribution in [0.2, 0.25) is 0 Å². The molecule has 11 rings (SSSR count). The standard InChI is InChI=1S/C50H34N2/c1-2-6-22-36(21-5-1)52-48-30-29-37(51(34-17-7-3-8-18-34)35-19-9-4-10-20-35)31-42(48)43-32-47-41(33-49(43)52)40-25-13-16-28-46(40)50(47)44-26-14-11-23-38(44)39-24-12-15-27-45(39)50/h1,3-33H,2H2. The Morgan fingerprint density at radius 1 is 0.442 bits per heavy atom. The molecule has 1 aromatic heterocycles. The SMILES string of the molecule is C1=CCC=CC(n2c3ccc(N(c4ccccc4)c4ccccc4)cc3c3cc4c(cc32)-c2ccccc2C42c3ccccc3-c3ccccc32)=C1. The molecule has 1 heterocycles. The van der Waals surface area contributed by atoms with E-state index >= 15 is 0 Å². The van der Waals surface area contributed by atoms with Crippen molar-refractivity contribution in [2.45, 2.75) is 11.8 Å². The molecule has 0 bridgehead atoms. The van der Waals surface area contributed by atoms with Gasteiger partial charge in [-0.3, -0.25) is 0 Å². The van der Waals surface area contributed by atoms with Gasteiger partial charge in [0.1, 0.15) is 0 Å². The molecule has 0 unspecified atom stereocenters. The number of hydrogen-bond donors (Lipinski definition) is 0. The molecule has 0 atom stereocenters. The first kappa shape index (κ1) is 29.1. The summed E-state index contributed by atoms with van der Waals surface area (Å²) in [6, 6.07) is 60.7. The van der Waals surface area contributed by atoms with Gasteiger partial charge in [-0.05, 0) is 118 Å². The fourth-order valence-electron chi connectivity index (χ4n) is 9.33. The highest BCUT2D eigenvalue weighted by Crippen LogP contribution is 2.63. The van der Waals surface area contributed by atoms with Crippen LogP contribution in [-0.2, 0) is 5.41 Å². The molecular formula is C50H34N2. The molecule has 0 N–H and O–H groups in total. The van der Waals surface area contributed by atoms with Crippen LogP contribution in [-0.4, -0.2) is 4.57 Å².